The van der Waals surface area contributed by atoms with E-state index in [1.54, 1.807) is 30.3 Å². The Morgan fingerprint density at radius 3 is 2.65 bits per heavy atom. The molecule has 2 aromatic rings. The van der Waals surface area contributed by atoms with Gasteiger partial charge in [-0.3, -0.25) is 14.4 Å². The topological polar surface area (TPSA) is 66.5 Å². The maximum absolute atomic E-state index is 13.7. The largest absolute Gasteiger partial charge is 0.323 e. The summed E-state index contributed by atoms with van der Waals surface area (Å²) < 4.78 is 13.7. The van der Waals surface area contributed by atoms with Crippen LogP contribution in [0, 0.1) is 5.82 Å². The van der Waals surface area contributed by atoms with Crippen molar-refractivity contribution in [2.24, 2.45) is 0 Å². The molecule has 0 bridgehead atoms. The second-order valence-corrected chi connectivity index (χ2v) is 7.21. The van der Waals surface area contributed by atoms with E-state index in [0.29, 0.717) is 5.69 Å². The molecule has 1 N–H and O–H groups in total. The molecule has 3 amide bonds. The maximum atomic E-state index is 13.7. The van der Waals surface area contributed by atoms with Gasteiger partial charge in [0.15, 0.2) is 0 Å². The van der Waals surface area contributed by atoms with Crippen LogP contribution in [0.15, 0.2) is 48.5 Å². The summed E-state index contributed by atoms with van der Waals surface area (Å²) in [4.78, 5) is 37.7. The second-order valence-electron chi connectivity index (χ2n) is 5.58. The molecule has 1 heterocycles. The number of benzene rings is 2. The quantitative estimate of drug-likeness (QED) is 0.791. The molecule has 26 heavy (non-hydrogen) atoms. The third-order valence-corrected chi connectivity index (χ3v) is 5.18. The third-order valence-electron chi connectivity index (χ3n) is 3.74. The van der Waals surface area contributed by atoms with Crippen molar-refractivity contribution in [1.29, 1.82) is 0 Å². The number of hydrogen-bond donors (Lipinski definition) is 1. The summed E-state index contributed by atoms with van der Waals surface area (Å²) in [6.07, 6.45) is 0.0288. The summed E-state index contributed by atoms with van der Waals surface area (Å²) in [7, 11) is 0. The summed E-state index contributed by atoms with van der Waals surface area (Å²) in [5.74, 6) is -1.83. The molecule has 3 rings (SSSR count). The fourth-order valence-electron chi connectivity index (χ4n) is 2.54. The molecule has 0 saturated carbocycles. The lowest BCUT2D eigenvalue weighted by atomic mass is 10.3. The molecule has 1 aliphatic heterocycles. The van der Waals surface area contributed by atoms with E-state index in [4.69, 9.17) is 11.6 Å². The number of halogens is 2. The minimum Gasteiger partial charge on any atom is -0.323 e. The van der Waals surface area contributed by atoms with Crippen molar-refractivity contribution >= 4 is 52.5 Å². The molecule has 5 nitrogen and oxygen atoms in total. The van der Waals surface area contributed by atoms with Crippen molar-refractivity contribution in [1.82, 2.24) is 0 Å². The van der Waals surface area contributed by atoms with Gasteiger partial charge >= 0.3 is 0 Å². The number of rotatable bonds is 5. The highest BCUT2D eigenvalue weighted by Gasteiger charge is 2.39. The minimum absolute atomic E-state index is 0.0136. The average molecular weight is 393 g/mol. The van der Waals surface area contributed by atoms with Gasteiger partial charge in [0, 0.05) is 11.4 Å². The van der Waals surface area contributed by atoms with Crippen LogP contribution in [0.1, 0.15) is 6.42 Å². The molecule has 0 unspecified atom stereocenters. The first kappa shape index (κ1) is 18.4. The summed E-state index contributed by atoms with van der Waals surface area (Å²) in [6.45, 7) is 0. The summed E-state index contributed by atoms with van der Waals surface area (Å²) >= 11 is 6.72. The van der Waals surface area contributed by atoms with E-state index >= 15 is 0 Å². The van der Waals surface area contributed by atoms with Crippen LogP contribution in [0.3, 0.4) is 0 Å². The Morgan fingerprint density at radius 2 is 1.96 bits per heavy atom. The van der Waals surface area contributed by atoms with Gasteiger partial charge in [-0.15, -0.1) is 11.8 Å². The Kier molecular flexibility index (Phi) is 5.58. The number of carbonyl (C=O) groups excluding carboxylic acids is 3. The first-order chi connectivity index (χ1) is 12.5. The van der Waals surface area contributed by atoms with Crippen molar-refractivity contribution in [3.05, 3.63) is 59.4 Å². The Morgan fingerprint density at radius 1 is 1.23 bits per heavy atom. The third kappa shape index (κ3) is 4.05. The minimum atomic E-state index is -0.641. The molecule has 1 saturated heterocycles. The lowest BCUT2D eigenvalue weighted by Gasteiger charge is -2.14. The van der Waals surface area contributed by atoms with E-state index in [1.165, 1.54) is 12.1 Å². The van der Waals surface area contributed by atoms with Crippen LogP contribution in [0.4, 0.5) is 15.8 Å². The van der Waals surface area contributed by atoms with Crippen molar-refractivity contribution in [3.8, 4) is 0 Å². The van der Waals surface area contributed by atoms with Crippen molar-refractivity contribution in [2.45, 2.75) is 11.7 Å². The second kappa shape index (κ2) is 7.88. The van der Waals surface area contributed by atoms with Crippen LogP contribution >= 0.6 is 23.4 Å². The predicted octanol–water partition coefficient (Wildman–Crippen LogP) is 3.48. The Labute approximate surface area is 158 Å². The van der Waals surface area contributed by atoms with Gasteiger partial charge in [0.05, 0.1) is 22.4 Å². The first-order valence-electron chi connectivity index (χ1n) is 7.74. The number of anilines is 2. The molecule has 0 radical (unpaired) electrons. The maximum Gasteiger partial charge on any atom is 0.247 e. The van der Waals surface area contributed by atoms with Crippen LogP contribution in [0.25, 0.3) is 0 Å². The van der Waals surface area contributed by atoms with Gasteiger partial charge in [0.2, 0.25) is 17.7 Å². The molecule has 8 heteroatoms. The van der Waals surface area contributed by atoms with E-state index in [0.717, 1.165) is 22.7 Å². The number of carbonyl (C=O) groups is 3. The van der Waals surface area contributed by atoms with E-state index in [2.05, 4.69) is 5.32 Å². The van der Waals surface area contributed by atoms with E-state index in [9.17, 15) is 18.8 Å². The number of nitrogens with zero attached hydrogens (tertiary/aromatic N) is 1. The molecule has 2 aromatic carbocycles. The smallest absolute Gasteiger partial charge is 0.247 e. The Balaban J connectivity index is 1.59. The number of para-hydroxylation sites is 1. The van der Waals surface area contributed by atoms with Gasteiger partial charge in [-0.1, -0.05) is 29.8 Å². The van der Waals surface area contributed by atoms with Gasteiger partial charge in [-0.25, -0.2) is 9.29 Å². The monoisotopic (exact) mass is 392 g/mol. The zero-order valence-corrected chi connectivity index (χ0v) is 15.0. The normalized spacial score (nSPS) is 16.8. The van der Waals surface area contributed by atoms with Crippen LogP contribution < -0.4 is 10.2 Å². The predicted molar refractivity (Wildman–Crippen MR) is 99.8 cm³/mol. The number of nitrogens with one attached hydrogen (secondary N) is 1. The molecule has 0 aliphatic carbocycles. The fourth-order valence-corrected chi connectivity index (χ4v) is 3.63. The summed E-state index contributed by atoms with van der Waals surface area (Å²) in [6, 6.07) is 12.6. The van der Waals surface area contributed by atoms with Gasteiger partial charge in [0.1, 0.15) is 5.82 Å². The van der Waals surface area contributed by atoms with Gasteiger partial charge < -0.3 is 5.32 Å². The van der Waals surface area contributed by atoms with Crippen LogP contribution in [0.2, 0.25) is 5.02 Å². The lowest BCUT2D eigenvalue weighted by molar-refractivity contribution is -0.121. The number of thioether (sulfide) groups is 1. The molecule has 1 atom stereocenters. The SMILES string of the molecule is O=C(CS[C@H]1CC(=O)N(c2ccccc2)C1=O)Nc1ccc(Cl)cc1F. The highest BCUT2D eigenvalue weighted by atomic mass is 35.5. The van der Waals surface area contributed by atoms with Gasteiger partial charge in [-0.2, -0.15) is 0 Å². The van der Waals surface area contributed by atoms with Crippen molar-refractivity contribution in [2.75, 3.05) is 16.0 Å². The highest BCUT2D eigenvalue weighted by Crippen LogP contribution is 2.29. The van der Waals surface area contributed by atoms with E-state index in [1.807, 2.05) is 0 Å². The number of hydrogen-bond acceptors (Lipinski definition) is 4. The molecule has 0 aromatic heterocycles. The molecule has 134 valence electrons. The number of imide groups is 1. The number of amides is 3. The molecular formula is C18H14ClFN2O3S. The van der Waals surface area contributed by atoms with E-state index < -0.39 is 17.0 Å². The van der Waals surface area contributed by atoms with Crippen molar-refractivity contribution in [3.63, 3.8) is 0 Å². The zero-order chi connectivity index (χ0) is 18.7. The zero-order valence-electron chi connectivity index (χ0n) is 13.4. The molecule has 1 fully saturated rings. The van der Waals surface area contributed by atoms with Crippen LogP contribution in [0.5, 0.6) is 0 Å². The summed E-state index contributed by atoms with van der Waals surface area (Å²) in [5, 5.41) is 2.02. The standard InChI is InChI=1S/C18H14ClFN2O3S/c19-11-6-7-14(13(20)8-11)21-16(23)10-26-15-9-17(24)22(18(15)25)12-4-2-1-3-5-12/h1-8,15H,9-10H2,(H,21,23)/t15-/m0/s1. The van der Waals surface area contributed by atoms with Gasteiger partial charge in [-0.05, 0) is 30.3 Å². The first-order valence-corrected chi connectivity index (χ1v) is 9.17. The Bertz CT molecular complexity index is 863. The van der Waals surface area contributed by atoms with Crippen molar-refractivity contribution < 1.29 is 18.8 Å². The average Bonchev–Trinajstić information content (AvgIpc) is 2.90. The van der Waals surface area contributed by atoms with Crippen LogP contribution in [-0.2, 0) is 14.4 Å². The Hall–Kier alpha value is -2.38. The van der Waals surface area contributed by atoms with E-state index in [-0.39, 0.29) is 34.7 Å². The fraction of sp³-hybridized carbons (Fsp3) is 0.167. The van der Waals surface area contributed by atoms with Gasteiger partial charge in [0.25, 0.3) is 0 Å². The summed E-state index contributed by atoms with van der Waals surface area (Å²) in [5.41, 5.74) is 0.526. The molecule has 1 aliphatic rings. The molecule has 0 spiro atoms. The lowest BCUT2D eigenvalue weighted by Crippen LogP contribution is -2.31. The molecular weight excluding hydrogens is 379 g/mol. The van der Waals surface area contributed by atoms with Crippen LogP contribution in [-0.4, -0.2) is 28.7 Å². The highest BCUT2D eigenvalue weighted by molar-refractivity contribution is 8.01.